The van der Waals surface area contributed by atoms with Gasteiger partial charge in [0, 0.05) is 6.04 Å². The number of aliphatic hydroxyl groups excluding tert-OH is 1. The van der Waals surface area contributed by atoms with Crippen molar-refractivity contribution in [2.75, 3.05) is 0 Å². The molecule has 0 aromatic carbocycles. The van der Waals surface area contributed by atoms with E-state index >= 15 is 0 Å². The van der Waals surface area contributed by atoms with Gasteiger partial charge in [0.05, 0.1) is 6.10 Å². The molecule has 3 N–H and O–H groups in total. The van der Waals surface area contributed by atoms with Gasteiger partial charge in [-0.2, -0.15) is 0 Å². The molecule has 0 amide bonds. The minimum Gasteiger partial charge on any atom is -0.392 e. The largest absolute Gasteiger partial charge is 0.392 e. The van der Waals surface area contributed by atoms with Gasteiger partial charge in [-0.1, -0.05) is 116 Å². The van der Waals surface area contributed by atoms with E-state index in [1.165, 1.54) is 103 Å². The summed E-state index contributed by atoms with van der Waals surface area (Å²) >= 11 is 0. The van der Waals surface area contributed by atoms with Gasteiger partial charge < -0.3 is 10.8 Å². The van der Waals surface area contributed by atoms with E-state index < -0.39 is 0 Å². The molecule has 2 unspecified atom stereocenters. The van der Waals surface area contributed by atoms with Crippen LogP contribution in [0.25, 0.3) is 0 Å². The van der Waals surface area contributed by atoms with E-state index in [0.29, 0.717) is 0 Å². The maximum Gasteiger partial charge on any atom is 0.0688 e. The molecule has 0 saturated carbocycles. The number of unbranched alkanes of at least 4 members (excludes halogenated alkanes) is 16. The lowest BCUT2D eigenvalue weighted by atomic mass is 10.0. The zero-order chi connectivity index (χ0) is 17.9. The van der Waals surface area contributed by atoms with Gasteiger partial charge in [0.15, 0.2) is 0 Å². The Balaban J connectivity index is 3.03. The van der Waals surface area contributed by atoms with E-state index in [1.54, 1.807) is 0 Å². The van der Waals surface area contributed by atoms with Crippen LogP contribution in [0.1, 0.15) is 129 Å². The monoisotopic (exact) mass is 341 g/mol. The molecule has 0 aliphatic carbocycles. The third kappa shape index (κ3) is 18.3. The van der Waals surface area contributed by atoms with Gasteiger partial charge in [0.1, 0.15) is 0 Å². The first-order valence-corrected chi connectivity index (χ1v) is 11.1. The average Bonchev–Trinajstić information content (AvgIpc) is 2.57. The molecule has 0 fully saturated rings. The van der Waals surface area contributed by atoms with Gasteiger partial charge in [0.2, 0.25) is 0 Å². The fraction of sp³-hybridized carbons (Fsp3) is 1.00. The molecular weight excluding hydrogens is 294 g/mol. The van der Waals surface area contributed by atoms with E-state index in [9.17, 15) is 5.11 Å². The fourth-order valence-corrected chi connectivity index (χ4v) is 3.34. The fourth-order valence-electron chi connectivity index (χ4n) is 3.34. The zero-order valence-electron chi connectivity index (χ0n) is 16.9. The summed E-state index contributed by atoms with van der Waals surface area (Å²) in [7, 11) is 0. The molecule has 0 rings (SSSR count). The van der Waals surface area contributed by atoms with Gasteiger partial charge in [-0.3, -0.25) is 0 Å². The molecule has 0 radical (unpaired) electrons. The molecule has 0 aliphatic rings. The molecule has 0 saturated heterocycles. The lowest BCUT2D eigenvalue weighted by Crippen LogP contribution is -2.31. The molecule has 2 nitrogen and oxygen atoms in total. The molecule has 146 valence electrons. The van der Waals surface area contributed by atoms with Crippen LogP contribution in [0.4, 0.5) is 0 Å². The number of hydrogen-bond acceptors (Lipinski definition) is 2. The minimum absolute atomic E-state index is 0.0777. The van der Waals surface area contributed by atoms with Crippen molar-refractivity contribution in [1.29, 1.82) is 0 Å². The first-order chi connectivity index (χ1) is 11.7. The van der Waals surface area contributed by atoms with Gasteiger partial charge in [-0.25, -0.2) is 0 Å². The van der Waals surface area contributed by atoms with Gasteiger partial charge in [-0.05, 0) is 13.3 Å². The Morgan fingerprint density at radius 1 is 0.583 bits per heavy atom. The number of hydrogen-bond donors (Lipinski definition) is 2. The highest BCUT2D eigenvalue weighted by atomic mass is 16.3. The quantitative estimate of drug-likeness (QED) is 0.256. The summed E-state index contributed by atoms with van der Waals surface area (Å²) in [6, 6.07) is -0.0777. The SMILES string of the molecule is CCCCCCCCCCCCCCCCCCCC(O)C(C)N. The second-order valence-electron chi connectivity index (χ2n) is 7.87. The van der Waals surface area contributed by atoms with Crippen LogP contribution in [0.15, 0.2) is 0 Å². The maximum atomic E-state index is 9.63. The molecule has 2 heteroatoms. The van der Waals surface area contributed by atoms with Crippen molar-refractivity contribution in [3.8, 4) is 0 Å². The van der Waals surface area contributed by atoms with Crippen molar-refractivity contribution in [3.05, 3.63) is 0 Å². The number of rotatable bonds is 19. The molecule has 2 atom stereocenters. The lowest BCUT2D eigenvalue weighted by Gasteiger charge is -2.13. The molecule has 24 heavy (non-hydrogen) atoms. The van der Waals surface area contributed by atoms with E-state index in [0.717, 1.165) is 12.8 Å². The molecule has 0 aromatic rings. The Bertz CT molecular complexity index is 230. The summed E-state index contributed by atoms with van der Waals surface area (Å²) < 4.78 is 0. The first kappa shape index (κ1) is 23.9. The highest BCUT2D eigenvalue weighted by molar-refractivity contribution is 4.65. The second kappa shape index (κ2) is 19.2. The third-order valence-corrected chi connectivity index (χ3v) is 5.21. The molecule has 0 aliphatic heterocycles. The predicted octanol–water partition coefficient (Wildman–Crippen LogP) is 6.74. The first-order valence-electron chi connectivity index (χ1n) is 11.1. The number of nitrogens with two attached hydrogens (primary N) is 1. The van der Waals surface area contributed by atoms with Crippen LogP contribution >= 0.6 is 0 Å². The third-order valence-electron chi connectivity index (χ3n) is 5.21. The summed E-state index contributed by atoms with van der Waals surface area (Å²) in [6.45, 7) is 4.17. The summed E-state index contributed by atoms with van der Waals surface area (Å²) in [5.41, 5.74) is 5.66. The minimum atomic E-state index is -0.304. The highest BCUT2D eigenvalue weighted by Crippen LogP contribution is 2.14. The van der Waals surface area contributed by atoms with Crippen LogP contribution in [-0.4, -0.2) is 17.3 Å². The van der Waals surface area contributed by atoms with Crippen LogP contribution in [0.5, 0.6) is 0 Å². The molecule has 0 bridgehead atoms. The molecular formula is C22H47NO. The number of aliphatic hydroxyl groups is 1. The van der Waals surface area contributed by atoms with Crippen LogP contribution in [-0.2, 0) is 0 Å². The predicted molar refractivity (Wildman–Crippen MR) is 108 cm³/mol. The Morgan fingerprint density at radius 2 is 0.875 bits per heavy atom. The lowest BCUT2D eigenvalue weighted by molar-refractivity contribution is 0.138. The Labute approximate surface area is 153 Å². The topological polar surface area (TPSA) is 46.2 Å². The second-order valence-corrected chi connectivity index (χ2v) is 7.87. The summed E-state index contributed by atoms with van der Waals surface area (Å²) in [4.78, 5) is 0. The van der Waals surface area contributed by atoms with Gasteiger partial charge in [-0.15, -0.1) is 0 Å². The average molecular weight is 342 g/mol. The van der Waals surface area contributed by atoms with Crippen molar-refractivity contribution in [3.63, 3.8) is 0 Å². The van der Waals surface area contributed by atoms with E-state index in [2.05, 4.69) is 6.92 Å². The van der Waals surface area contributed by atoms with Crippen molar-refractivity contribution in [2.45, 2.75) is 142 Å². The summed E-state index contributed by atoms with van der Waals surface area (Å²) in [6.07, 6.45) is 24.3. The van der Waals surface area contributed by atoms with E-state index in [1.807, 2.05) is 6.92 Å². The Hall–Kier alpha value is -0.0800. The van der Waals surface area contributed by atoms with Crippen molar-refractivity contribution in [2.24, 2.45) is 5.73 Å². The molecule has 0 heterocycles. The smallest absolute Gasteiger partial charge is 0.0688 e. The van der Waals surface area contributed by atoms with Crippen molar-refractivity contribution in [1.82, 2.24) is 0 Å². The standard InChI is InChI=1S/C22H47NO/c1-3-4-5-6-7-8-9-10-11-12-13-14-15-16-17-18-19-20-22(24)21(2)23/h21-22,24H,3-20,23H2,1-2H3. The molecule has 0 aromatic heterocycles. The zero-order valence-corrected chi connectivity index (χ0v) is 16.9. The maximum absolute atomic E-state index is 9.63. The Kier molecular flexibility index (Phi) is 19.2. The Morgan fingerprint density at radius 3 is 1.17 bits per heavy atom. The van der Waals surface area contributed by atoms with Crippen LogP contribution < -0.4 is 5.73 Å². The van der Waals surface area contributed by atoms with Gasteiger partial charge in [0.25, 0.3) is 0 Å². The normalized spacial score (nSPS) is 14.0. The van der Waals surface area contributed by atoms with Crippen molar-refractivity contribution >= 4 is 0 Å². The highest BCUT2D eigenvalue weighted by Gasteiger charge is 2.07. The van der Waals surface area contributed by atoms with Crippen LogP contribution in [0.3, 0.4) is 0 Å². The summed E-state index contributed by atoms with van der Waals surface area (Å²) in [5.74, 6) is 0. The van der Waals surface area contributed by atoms with E-state index in [-0.39, 0.29) is 12.1 Å². The van der Waals surface area contributed by atoms with E-state index in [4.69, 9.17) is 5.73 Å². The molecule has 0 spiro atoms. The van der Waals surface area contributed by atoms with Crippen LogP contribution in [0, 0.1) is 0 Å². The van der Waals surface area contributed by atoms with Gasteiger partial charge >= 0.3 is 0 Å². The summed E-state index contributed by atoms with van der Waals surface area (Å²) in [5, 5.41) is 9.63. The van der Waals surface area contributed by atoms with Crippen molar-refractivity contribution < 1.29 is 5.11 Å². The van der Waals surface area contributed by atoms with Crippen LogP contribution in [0.2, 0.25) is 0 Å².